The SMILES string of the molecule is Cc1c(N2CCc3cnc(Nc4ccc(CN5CCN(C(=O)OC(C)(C)C)CC5)cc4)nc3C2)cnc2c1N(C(=O)OC(C)(C)C)CCO2. The molecular weight excluding hydrogens is 624 g/mol. The molecule has 2 amide bonds. The van der Waals surface area contributed by atoms with E-state index < -0.39 is 17.3 Å². The minimum Gasteiger partial charge on any atom is -0.474 e. The lowest BCUT2D eigenvalue weighted by Gasteiger charge is -2.35. The van der Waals surface area contributed by atoms with E-state index in [0.717, 1.165) is 60.8 Å². The van der Waals surface area contributed by atoms with Gasteiger partial charge in [-0.2, -0.15) is 0 Å². The van der Waals surface area contributed by atoms with E-state index in [2.05, 4.69) is 37.2 Å². The highest BCUT2D eigenvalue weighted by atomic mass is 16.6. The van der Waals surface area contributed by atoms with Crippen LogP contribution in [0.4, 0.5) is 32.6 Å². The molecule has 0 saturated carbocycles. The molecule has 5 heterocycles. The maximum atomic E-state index is 13.1. The highest BCUT2D eigenvalue weighted by Crippen LogP contribution is 2.40. The fourth-order valence-electron chi connectivity index (χ4n) is 6.21. The lowest BCUT2D eigenvalue weighted by molar-refractivity contribution is 0.0139. The first kappa shape index (κ1) is 34.2. The fourth-order valence-corrected chi connectivity index (χ4v) is 6.21. The molecular formula is C36H48N8O5. The molecule has 0 spiro atoms. The van der Waals surface area contributed by atoms with Crippen LogP contribution in [0.3, 0.4) is 0 Å². The van der Waals surface area contributed by atoms with E-state index in [4.69, 9.17) is 19.2 Å². The van der Waals surface area contributed by atoms with Gasteiger partial charge < -0.3 is 29.3 Å². The summed E-state index contributed by atoms with van der Waals surface area (Å²) in [6.45, 7) is 19.1. The first-order chi connectivity index (χ1) is 23.2. The van der Waals surface area contributed by atoms with Gasteiger partial charge in [-0.05, 0) is 78.1 Å². The second-order valence-corrected chi connectivity index (χ2v) is 14.8. The molecule has 0 atom stereocenters. The topological polar surface area (TPSA) is 125 Å². The zero-order valence-electron chi connectivity index (χ0n) is 29.7. The molecule has 1 fully saturated rings. The number of aromatic nitrogens is 3. The van der Waals surface area contributed by atoms with E-state index in [1.54, 1.807) is 9.80 Å². The predicted molar refractivity (Wildman–Crippen MR) is 188 cm³/mol. The summed E-state index contributed by atoms with van der Waals surface area (Å²) in [4.78, 5) is 47.6. The Balaban J connectivity index is 1.08. The quantitative estimate of drug-likeness (QED) is 0.360. The molecule has 3 aromatic rings. The molecule has 0 radical (unpaired) electrons. The largest absolute Gasteiger partial charge is 0.474 e. The Morgan fingerprint density at radius 2 is 1.57 bits per heavy atom. The second kappa shape index (κ2) is 13.7. The predicted octanol–water partition coefficient (Wildman–Crippen LogP) is 5.67. The van der Waals surface area contributed by atoms with Crippen molar-refractivity contribution in [1.82, 2.24) is 24.8 Å². The summed E-state index contributed by atoms with van der Waals surface area (Å²) in [5.41, 5.74) is 5.56. The third kappa shape index (κ3) is 8.33. The maximum absolute atomic E-state index is 13.1. The van der Waals surface area contributed by atoms with Gasteiger partial charge in [0.15, 0.2) is 0 Å². The molecule has 1 saturated heterocycles. The molecule has 49 heavy (non-hydrogen) atoms. The van der Waals surface area contributed by atoms with Crippen molar-refractivity contribution in [2.24, 2.45) is 0 Å². The van der Waals surface area contributed by atoms with Gasteiger partial charge in [-0.15, -0.1) is 0 Å². The third-order valence-corrected chi connectivity index (χ3v) is 8.61. The normalized spacial score (nSPS) is 16.8. The third-order valence-electron chi connectivity index (χ3n) is 8.61. The van der Waals surface area contributed by atoms with Crippen molar-refractivity contribution in [2.45, 2.75) is 79.2 Å². The molecule has 3 aliphatic heterocycles. The Morgan fingerprint density at radius 1 is 0.878 bits per heavy atom. The minimum atomic E-state index is -0.611. The van der Waals surface area contributed by atoms with Crippen LogP contribution in [-0.2, 0) is 29.0 Å². The van der Waals surface area contributed by atoms with E-state index >= 15 is 0 Å². The number of carbonyl (C=O) groups is 2. The molecule has 0 aliphatic carbocycles. The van der Waals surface area contributed by atoms with Crippen molar-refractivity contribution in [1.29, 1.82) is 0 Å². The number of rotatable bonds is 5. The van der Waals surface area contributed by atoms with Gasteiger partial charge in [0.1, 0.15) is 23.5 Å². The zero-order chi connectivity index (χ0) is 34.9. The monoisotopic (exact) mass is 672 g/mol. The number of pyridine rings is 1. The van der Waals surface area contributed by atoms with E-state index in [9.17, 15) is 9.59 Å². The van der Waals surface area contributed by atoms with Crippen molar-refractivity contribution >= 4 is 35.2 Å². The van der Waals surface area contributed by atoms with Crippen LogP contribution in [0.15, 0.2) is 36.7 Å². The molecule has 262 valence electrons. The molecule has 13 heteroatoms. The number of amides is 2. The zero-order valence-corrected chi connectivity index (χ0v) is 29.7. The van der Waals surface area contributed by atoms with Crippen molar-refractivity contribution < 1.29 is 23.8 Å². The molecule has 1 aromatic carbocycles. The number of hydrogen-bond donors (Lipinski definition) is 1. The van der Waals surface area contributed by atoms with Crippen LogP contribution in [0.25, 0.3) is 0 Å². The van der Waals surface area contributed by atoms with Crippen LogP contribution in [0.2, 0.25) is 0 Å². The number of benzene rings is 1. The first-order valence-corrected chi connectivity index (χ1v) is 17.0. The Morgan fingerprint density at radius 3 is 2.27 bits per heavy atom. The van der Waals surface area contributed by atoms with Crippen LogP contribution in [0, 0.1) is 6.92 Å². The van der Waals surface area contributed by atoms with Gasteiger partial charge in [0.05, 0.1) is 30.7 Å². The van der Waals surface area contributed by atoms with Crippen LogP contribution in [0.1, 0.15) is 63.9 Å². The summed E-state index contributed by atoms with van der Waals surface area (Å²) < 4.78 is 17.0. The molecule has 0 unspecified atom stereocenters. The number of hydrogen-bond acceptors (Lipinski definition) is 11. The van der Waals surface area contributed by atoms with Crippen molar-refractivity contribution in [3.05, 3.63) is 59.0 Å². The Bertz CT molecular complexity index is 1680. The van der Waals surface area contributed by atoms with Crippen LogP contribution < -0.4 is 19.9 Å². The summed E-state index contributed by atoms with van der Waals surface area (Å²) in [5, 5.41) is 3.37. The lowest BCUT2D eigenvalue weighted by atomic mass is 10.0. The number of nitrogens with one attached hydrogen (secondary N) is 1. The van der Waals surface area contributed by atoms with Crippen molar-refractivity contribution in [3.8, 4) is 5.88 Å². The molecule has 6 rings (SSSR count). The molecule has 3 aliphatic rings. The van der Waals surface area contributed by atoms with E-state index in [-0.39, 0.29) is 6.09 Å². The highest BCUT2D eigenvalue weighted by molar-refractivity contribution is 5.92. The maximum Gasteiger partial charge on any atom is 0.415 e. The van der Waals surface area contributed by atoms with Gasteiger partial charge in [0.2, 0.25) is 11.8 Å². The van der Waals surface area contributed by atoms with Crippen molar-refractivity contribution in [3.63, 3.8) is 0 Å². The molecule has 0 bridgehead atoms. The Labute approximate surface area is 288 Å². The fraction of sp³-hybridized carbons (Fsp3) is 0.528. The number of piperazine rings is 1. The average molecular weight is 673 g/mol. The van der Waals surface area contributed by atoms with Gasteiger partial charge in [0.25, 0.3) is 0 Å². The Hall–Kier alpha value is -4.65. The molecule has 1 N–H and O–H groups in total. The second-order valence-electron chi connectivity index (χ2n) is 14.8. The number of ether oxygens (including phenoxy) is 3. The van der Waals surface area contributed by atoms with Gasteiger partial charge in [-0.25, -0.2) is 24.5 Å². The van der Waals surface area contributed by atoms with Gasteiger partial charge in [-0.3, -0.25) is 9.80 Å². The molecule has 2 aromatic heterocycles. The smallest absolute Gasteiger partial charge is 0.415 e. The first-order valence-electron chi connectivity index (χ1n) is 17.0. The molecule has 13 nitrogen and oxygen atoms in total. The van der Waals surface area contributed by atoms with E-state index in [1.165, 1.54) is 5.56 Å². The van der Waals surface area contributed by atoms with Crippen LogP contribution in [-0.4, -0.2) is 94.0 Å². The van der Waals surface area contributed by atoms with Gasteiger partial charge in [-0.1, -0.05) is 12.1 Å². The summed E-state index contributed by atoms with van der Waals surface area (Å²) in [7, 11) is 0. The van der Waals surface area contributed by atoms with Gasteiger partial charge in [0, 0.05) is 56.7 Å². The number of carbonyl (C=O) groups excluding carboxylic acids is 2. The van der Waals surface area contributed by atoms with E-state index in [1.807, 2.05) is 73.0 Å². The lowest BCUT2D eigenvalue weighted by Crippen LogP contribution is -2.49. The van der Waals surface area contributed by atoms with Crippen LogP contribution in [0.5, 0.6) is 5.88 Å². The summed E-state index contributed by atoms with van der Waals surface area (Å²) in [6.07, 6.45) is 3.87. The van der Waals surface area contributed by atoms with E-state index in [0.29, 0.717) is 50.3 Å². The summed E-state index contributed by atoms with van der Waals surface area (Å²) in [5.74, 6) is 0.979. The highest BCUT2D eigenvalue weighted by Gasteiger charge is 2.33. The standard InChI is InChI=1S/C36H48N8O5/c1-24-29(21-37-31-30(24)44(18-19-47-31)34(46)49-36(5,6)7)43-13-12-26-20-38-32(40-28(26)23-43)39-27-10-8-25(9-11-27)22-41-14-16-42(17-15-41)33(45)48-35(2,3)4/h8-11,20-21H,12-19,22-23H2,1-7H3,(H,38,39,40). The van der Waals surface area contributed by atoms with Crippen LogP contribution >= 0.6 is 0 Å². The summed E-state index contributed by atoms with van der Waals surface area (Å²) in [6, 6.07) is 8.31. The Kier molecular flexibility index (Phi) is 9.56. The number of nitrogens with zero attached hydrogens (tertiary/aromatic N) is 7. The average Bonchev–Trinajstić information content (AvgIpc) is 3.04. The summed E-state index contributed by atoms with van der Waals surface area (Å²) >= 11 is 0. The number of anilines is 4. The minimum absolute atomic E-state index is 0.243. The van der Waals surface area contributed by atoms with Crippen molar-refractivity contribution in [2.75, 3.05) is 61.0 Å². The van der Waals surface area contributed by atoms with Gasteiger partial charge >= 0.3 is 12.2 Å². The number of fused-ring (bicyclic) bond motifs is 2.